The number of hydrogen-bond donors (Lipinski definition) is 2. The predicted octanol–water partition coefficient (Wildman–Crippen LogP) is 2.73. The summed E-state index contributed by atoms with van der Waals surface area (Å²) < 4.78 is 47.4. The van der Waals surface area contributed by atoms with E-state index in [0.717, 1.165) is 6.20 Å². The maximum absolute atomic E-state index is 13.8. The Balaban J connectivity index is 1.68. The number of alkyl halides is 2. The second-order valence-corrected chi connectivity index (χ2v) is 5.93. The molecule has 3 N–H and O–H groups in total. The molecule has 1 aromatic carbocycles. The van der Waals surface area contributed by atoms with Crippen molar-refractivity contribution in [3.63, 3.8) is 0 Å². The Kier molecular flexibility index (Phi) is 6.82. The second-order valence-electron chi connectivity index (χ2n) is 5.93. The zero-order valence-electron chi connectivity index (χ0n) is 16.0. The molecule has 9 nitrogen and oxygen atoms in total. The van der Waals surface area contributed by atoms with Gasteiger partial charge in [-0.3, -0.25) is 9.63 Å². The lowest BCUT2D eigenvalue weighted by Crippen LogP contribution is -2.25. The summed E-state index contributed by atoms with van der Waals surface area (Å²) in [5.74, 6) is -1.17. The standard InChI is InChI=1S/C19H16F3N5O4/c1-29-12-3-4-13(20)11(6-12)9-30-27-18(28)14-8-25-17(23)16(26-14)10-2-5-15(24-7-10)31-19(21)22/h2-8,19H,9H2,1H3,(H2,23,25)(H,27,28). The minimum absolute atomic E-state index is 0.0137. The molecule has 1 amide bonds. The van der Waals surface area contributed by atoms with Crippen molar-refractivity contribution in [3.8, 4) is 22.9 Å². The Morgan fingerprint density at radius 2 is 2.00 bits per heavy atom. The van der Waals surface area contributed by atoms with Gasteiger partial charge in [0.15, 0.2) is 0 Å². The topological polar surface area (TPSA) is 121 Å². The number of pyridine rings is 1. The lowest BCUT2D eigenvalue weighted by atomic mass is 10.2. The number of hydrogen-bond acceptors (Lipinski definition) is 8. The van der Waals surface area contributed by atoms with Gasteiger partial charge in [-0.05, 0) is 24.3 Å². The van der Waals surface area contributed by atoms with Crippen LogP contribution < -0.4 is 20.7 Å². The van der Waals surface area contributed by atoms with Crippen LogP contribution in [0.4, 0.5) is 19.0 Å². The largest absolute Gasteiger partial charge is 0.497 e. The molecule has 3 aromatic rings. The highest BCUT2D eigenvalue weighted by atomic mass is 19.3. The number of nitrogen functional groups attached to an aromatic ring is 1. The average Bonchev–Trinajstić information content (AvgIpc) is 2.75. The Morgan fingerprint density at radius 3 is 2.68 bits per heavy atom. The van der Waals surface area contributed by atoms with Gasteiger partial charge >= 0.3 is 6.61 Å². The number of nitrogens with zero attached hydrogens (tertiary/aromatic N) is 3. The SMILES string of the molecule is COc1ccc(F)c(CONC(=O)c2cnc(N)c(-c3ccc(OC(F)F)nc3)n2)c1. The van der Waals surface area contributed by atoms with Crippen molar-refractivity contribution in [2.24, 2.45) is 0 Å². The van der Waals surface area contributed by atoms with Crippen molar-refractivity contribution in [3.05, 3.63) is 59.8 Å². The van der Waals surface area contributed by atoms with Crippen LogP contribution in [0.15, 0.2) is 42.7 Å². The van der Waals surface area contributed by atoms with Crippen LogP contribution >= 0.6 is 0 Å². The summed E-state index contributed by atoms with van der Waals surface area (Å²) in [5.41, 5.74) is 8.36. The number of halogens is 3. The number of benzene rings is 1. The Hall–Kier alpha value is -3.93. The fourth-order valence-corrected chi connectivity index (χ4v) is 2.42. The number of aromatic nitrogens is 3. The van der Waals surface area contributed by atoms with Crippen LogP contribution in [-0.2, 0) is 11.4 Å². The van der Waals surface area contributed by atoms with Gasteiger partial charge < -0.3 is 15.2 Å². The van der Waals surface area contributed by atoms with Gasteiger partial charge in [0.05, 0.1) is 13.3 Å². The van der Waals surface area contributed by atoms with Gasteiger partial charge in [0.1, 0.15) is 35.4 Å². The van der Waals surface area contributed by atoms with E-state index in [1.54, 1.807) is 0 Å². The van der Waals surface area contributed by atoms with E-state index in [2.05, 4.69) is 25.2 Å². The summed E-state index contributed by atoms with van der Waals surface area (Å²) in [7, 11) is 1.44. The molecule has 0 spiro atoms. The lowest BCUT2D eigenvalue weighted by Gasteiger charge is -2.10. The number of ether oxygens (including phenoxy) is 2. The molecule has 0 atom stereocenters. The van der Waals surface area contributed by atoms with Crippen molar-refractivity contribution in [2.45, 2.75) is 13.2 Å². The minimum atomic E-state index is -3.01. The van der Waals surface area contributed by atoms with Crippen LogP contribution in [0.3, 0.4) is 0 Å². The second kappa shape index (κ2) is 9.71. The van der Waals surface area contributed by atoms with Crippen LogP contribution in [0, 0.1) is 5.82 Å². The molecule has 2 aromatic heterocycles. The van der Waals surface area contributed by atoms with Crippen LogP contribution in [0.25, 0.3) is 11.3 Å². The molecule has 0 saturated carbocycles. The normalized spacial score (nSPS) is 10.7. The fraction of sp³-hybridized carbons (Fsp3) is 0.158. The first-order valence-corrected chi connectivity index (χ1v) is 8.65. The van der Waals surface area contributed by atoms with Crippen LogP contribution in [0.5, 0.6) is 11.6 Å². The maximum atomic E-state index is 13.8. The highest BCUT2D eigenvalue weighted by molar-refractivity contribution is 5.92. The molecule has 12 heteroatoms. The van der Waals surface area contributed by atoms with Crippen molar-refractivity contribution in [1.82, 2.24) is 20.4 Å². The first kappa shape index (κ1) is 21.8. The molecule has 0 unspecified atom stereocenters. The van der Waals surface area contributed by atoms with E-state index in [0.29, 0.717) is 11.3 Å². The van der Waals surface area contributed by atoms with Gasteiger partial charge in [-0.25, -0.2) is 24.8 Å². The molecule has 2 heterocycles. The monoisotopic (exact) mass is 435 g/mol. The quantitative estimate of drug-likeness (QED) is 0.518. The number of carbonyl (C=O) groups is 1. The van der Waals surface area contributed by atoms with Gasteiger partial charge in [0, 0.05) is 23.4 Å². The van der Waals surface area contributed by atoms with E-state index < -0.39 is 18.3 Å². The summed E-state index contributed by atoms with van der Waals surface area (Å²) >= 11 is 0. The molecule has 0 aliphatic heterocycles. The highest BCUT2D eigenvalue weighted by Crippen LogP contribution is 2.23. The Morgan fingerprint density at radius 1 is 1.19 bits per heavy atom. The van der Waals surface area contributed by atoms with Crippen LogP contribution in [-0.4, -0.2) is 34.6 Å². The fourth-order valence-electron chi connectivity index (χ4n) is 2.42. The number of amides is 1. The van der Waals surface area contributed by atoms with E-state index in [1.165, 1.54) is 43.6 Å². The molecular formula is C19H16F3N5O4. The molecule has 0 fully saturated rings. The summed E-state index contributed by atoms with van der Waals surface area (Å²) in [6.07, 6.45) is 2.31. The zero-order valence-corrected chi connectivity index (χ0v) is 16.0. The number of hydroxylamine groups is 1. The third kappa shape index (κ3) is 5.57. The number of anilines is 1. The average molecular weight is 435 g/mol. The van der Waals surface area contributed by atoms with E-state index in [4.69, 9.17) is 15.3 Å². The van der Waals surface area contributed by atoms with Crippen LogP contribution in [0.1, 0.15) is 16.1 Å². The van der Waals surface area contributed by atoms with E-state index >= 15 is 0 Å². The van der Waals surface area contributed by atoms with Gasteiger partial charge in [-0.2, -0.15) is 8.78 Å². The highest BCUT2D eigenvalue weighted by Gasteiger charge is 2.15. The number of nitrogens with one attached hydrogen (secondary N) is 1. The van der Waals surface area contributed by atoms with E-state index in [1.807, 2.05) is 0 Å². The molecular weight excluding hydrogens is 419 g/mol. The molecule has 31 heavy (non-hydrogen) atoms. The predicted molar refractivity (Wildman–Crippen MR) is 102 cm³/mol. The van der Waals surface area contributed by atoms with Crippen molar-refractivity contribution < 1.29 is 32.3 Å². The van der Waals surface area contributed by atoms with Gasteiger partial charge in [-0.1, -0.05) is 0 Å². The third-order valence-electron chi connectivity index (χ3n) is 3.90. The summed E-state index contributed by atoms with van der Waals surface area (Å²) in [6.45, 7) is -3.28. The first-order valence-electron chi connectivity index (χ1n) is 8.65. The smallest absolute Gasteiger partial charge is 0.388 e. The first-order chi connectivity index (χ1) is 14.9. The summed E-state index contributed by atoms with van der Waals surface area (Å²) in [5, 5.41) is 0. The summed E-state index contributed by atoms with van der Waals surface area (Å²) in [6, 6.07) is 6.67. The number of rotatable bonds is 8. The minimum Gasteiger partial charge on any atom is -0.497 e. The molecule has 0 aliphatic rings. The van der Waals surface area contributed by atoms with Gasteiger partial charge in [-0.15, -0.1) is 0 Å². The maximum Gasteiger partial charge on any atom is 0.388 e. The molecule has 162 valence electrons. The molecule has 0 radical (unpaired) electrons. The van der Waals surface area contributed by atoms with Crippen molar-refractivity contribution in [1.29, 1.82) is 0 Å². The van der Waals surface area contributed by atoms with E-state index in [-0.39, 0.29) is 35.3 Å². The lowest BCUT2D eigenvalue weighted by molar-refractivity contribution is -0.0528. The number of nitrogens with two attached hydrogens (primary N) is 1. The third-order valence-corrected chi connectivity index (χ3v) is 3.90. The van der Waals surface area contributed by atoms with Gasteiger partial charge in [0.2, 0.25) is 5.88 Å². The zero-order chi connectivity index (χ0) is 22.4. The molecule has 0 saturated heterocycles. The number of methoxy groups -OCH3 is 1. The molecule has 0 bridgehead atoms. The van der Waals surface area contributed by atoms with E-state index in [9.17, 15) is 18.0 Å². The Bertz CT molecular complexity index is 1070. The molecule has 3 rings (SSSR count). The summed E-state index contributed by atoms with van der Waals surface area (Å²) in [4.78, 5) is 29.1. The van der Waals surface area contributed by atoms with Crippen LogP contribution in [0.2, 0.25) is 0 Å². The number of carbonyl (C=O) groups excluding carboxylic acids is 1. The van der Waals surface area contributed by atoms with Crippen molar-refractivity contribution >= 4 is 11.7 Å². The van der Waals surface area contributed by atoms with Gasteiger partial charge in [0.25, 0.3) is 5.91 Å². The Labute approximate surface area is 174 Å². The van der Waals surface area contributed by atoms with Crippen molar-refractivity contribution in [2.75, 3.05) is 12.8 Å². The molecule has 0 aliphatic carbocycles.